The summed E-state index contributed by atoms with van der Waals surface area (Å²) in [6, 6.07) is 2.58. The molecule has 78 valence electrons. The first kappa shape index (κ1) is 10.8. The maximum atomic E-state index is 4.14. The first-order chi connectivity index (χ1) is 6.76. The second-order valence-corrected chi connectivity index (χ2v) is 3.55. The fourth-order valence-corrected chi connectivity index (χ4v) is 1.45. The Morgan fingerprint density at radius 2 is 2.07 bits per heavy atom. The quantitative estimate of drug-likeness (QED) is 0.755. The number of hydrogen-bond donors (Lipinski definition) is 2. The summed E-state index contributed by atoms with van der Waals surface area (Å²) >= 11 is 0. The summed E-state index contributed by atoms with van der Waals surface area (Å²) in [6.07, 6.45) is 6.06. The highest BCUT2D eigenvalue weighted by Gasteiger charge is 2.00. The van der Waals surface area contributed by atoms with Crippen molar-refractivity contribution in [3.8, 4) is 0 Å². The molecule has 0 aliphatic heterocycles. The van der Waals surface area contributed by atoms with Gasteiger partial charge in [0.15, 0.2) is 0 Å². The average Bonchev–Trinajstić information content (AvgIpc) is 2.18. The highest BCUT2D eigenvalue weighted by atomic mass is 14.9. The Bertz CT molecular complexity index is 273. The molecule has 3 heteroatoms. The summed E-state index contributed by atoms with van der Waals surface area (Å²) in [5.74, 6) is 0. The molecule has 1 heterocycles. The molecule has 0 radical (unpaired) electrons. The number of nitrogens with zero attached hydrogens (tertiary/aromatic N) is 1. The summed E-state index contributed by atoms with van der Waals surface area (Å²) in [4.78, 5) is 4.14. The van der Waals surface area contributed by atoms with Gasteiger partial charge < -0.3 is 10.6 Å². The van der Waals surface area contributed by atoms with Crippen LogP contribution in [0.25, 0.3) is 0 Å². The molecule has 3 nitrogen and oxygen atoms in total. The molecule has 0 aliphatic rings. The molecule has 1 aromatic heterocycles. The molecule has 2 N–H and O–H groups in total. The van der Waals surface area contributed by atoms with E-state index < -0.39 is 0 Å². The summed E-state index contributed by atoms with van der Waals surface area (Å²) in [7, 11) is 1.90. The number of rotatable bonds is 5. The van der Waals surface area contributed by atoms with E-state index in [0.29, 0.717) is 6.04 Å². The van der Waals surface area contributed by atoms with E-state index in [-0.39, 0.29) is 0 Å². The molecule has 0 saturated carbocycles. The van der Waals surface area contributed by atoms with Crippen LogP contribution in [0.15, 0.2) is 18.5 Å². The van der Waals surface area contributed by atoms with Gasteiger partial charge in [0.1, 0.15) is 0 Å². The van der Waals surface area contributed by atoms with Gasteiger partial charge in [0.25, 0.3) is 0 Å². The summed E-state index contributed by atoms with van der Waals surface area (Å²) in [5, 5.41) is 6.49. The second kappa shape index (κ2) is 5.47. The minimum atomic E-state index is 0.508. The molecule has 0 aromatic carbocycles. The molecule has 0 amide bonds. The fraction of sp³-hybridized carbons (Fsp3) is 0.545. The number of aromatic nitrogens is 1. The molecule has 0 saturated heterocycles. The van der Waals surface area contributed by atoms with Crippen LogP contribution in [0.4, 0.5) is 11.4 Å². The molecule has 1 unspecified atom stereocenters. The van der Waals surface area contributed by atoms with Crippen LogP contribution >= 0.6 is 0 Å². The van der Waals surface area contributed by atoms with Gasteiger partial charge in [-0.05, 0) is 19.4 Å². The molecule has 0 bridgehead atoms. The number of hydrogen-bond acceptors (Lipinski definition) is 3. The summed E-state index contributed by atoms with van der Waals surface area (Å²) < 4.78 is 0. The Kier molecular flexibility index (Phi) is 4.23. The van der Waals surface area contributed by atoms with Gasteiger partial charge in [-0.2, -0.15) is 0 Å². The van der Waals surface area contributed by atoms with Crippen molar-refractivity contribution in [3.05, 3.63) is 18.5 Å². The van der Waals surface area contributed by atoms with Crippen LogP contribution in [0.5, 0.6) is 0 Å². The van der Waals surface area contributed by atoms with E-state index in [1.54, 1.807) is 0 Å². The van der Waals surface area contributed by atoms with Gasteiger partial charge in [-0.15, -0.1) is 0 Å². The summed E-state index contributed by atoms with van der Waals surface area (Å²) in [6.45, 7) is 4.38. The highest BCUT2D eigenvalue weighted by molar-refractivity contribution is 5.53. The highest BCUT2D eigenvalue weighted by Crippen LogP contribution is 2.14. The van der Waals surface area contributed by atoms with Crippen LogP contribution < -0.4 is 10.6 Å². The standard InChI is InChI=1S/C11H19N3/c1-4-5-9(2)14-11-6-10(12-3)7-13-8-11/h6-9,12,14H,4-5H2,1-3H3. The lowest BCUT2D eigenvalue weighted by Crippen LogP contribution is -2.14. The first-order valence-electron chi connectivity index (χ1n) is 5.15. The minimum absolute atomic E-state index is 0.508. The largest absolute Gasteiger partial charge is 0.387 e. The normalized spacial score (nSPS) is 12.2. The molecular formula is C11H19N3. The van der Waals surface area contributed by atoms with Crippen molar-refractivity contribution in [2.45, 2.75) is 32.7 Å². The zero-order valence-electron chi connectivity index (χ0n) is 9.17. The van der Waals surface area contributed by atoms with E-state index in [1.165, 1.54) is 12.8 Å². The first-order valence-corrected chi connectivity index (χ1v) is 5.15. The van der Waals surface area contributed by atoms with E-state index in [1.807, 2.05) is 19.4 Å². The molecule has 1 rings (SSSR count). The van der Waals surface area contributed by atoms with E-state index in [9.17, 15) is 0 Å². The van der Waals surface area contributed by atoms with Crippen LogP contribution in [0, 0.1) is 0 Å². The molecule has 1 atom stereocenters. The van der Waals surface area contributed by atoms with Crippen LogP contribution in [0.2, 0.25) is 0 Å². The van der Waals surface area contributed by atoms with E-state index in [2.05, 4.69) is 35.5 Å². The Balaban J connectivity index is 2.57. The van der Waals surface area contributed by atoms with Gasteiger partial charge in [0.05, 0.1) is 23.8 Å². The average molecular weight is 193 g/mol. The molecule has 0 fully saturated rings. The van der Waals surface area contributed by atoms with Crippen molar-refractivity contribution in [2.75, 3.05) is 17.7 Å². The van der Waals surface area contributed by atoms with Crippen molar-refractivity contribution in [2.24, 2.45) is 0 Å². The molecular weight excluding hydrogens is 174 g/mol. The lowest BCUT2D eigenvalue weighted by atomic mass is 10.2. The lowest BCUT2D eigenvalue weighted by molar-refractivity contribution is 0.690. The van der Waals surface area contributed by atoms with Crippen LogP contribution in [0.3, 0.4) is 0 Å². The maximum Gasteiger partial charge on any atom is 0.0549 e. The van der Waals surface area contributed by atoms with Gasteiger partial charge in [-0.25, -0.2) is 0 Å². The van der Waals surface area contributed by atoms with Crippen LogP contribution in [0.1, 0.15) is 26.7 Å². The number of anilines is 2. The maximum absolute atomic E-state index is 4.14. The van der Waals surface area contributed by atoms with E-state index in [0.717, 1.165) is 11.4 Å². The van der Waals surface area contributed by atoms with E-state index >= 15 is 0 Å². The molecule has 0 spiro atoms. The third kappa shape index (κ3) is 3.24. The Labute approximate surface area is 85.9 Å². The molecule has 0 aliphatic carbocycles. The van der Waals surface area contributed by atoms with Gasteiger partial charge in [-0.1, -0.05) is 13.3 Å². The van der Waals surface area contributed by atoms with Crippen molar-refractivity contribution < 1.29 is 0 Å². The Morgan fingerprint density at radius 1 is 1.36 bits per heavy atom. The van der Waals surface area contributed by atoms with Gasteiger partial charge in [0, 0.05) is 13.1 Å². The number of pyridine rings is 1. The van der Waals surface area contributed by atoms with Gasteiger partial charge in [-0.3, -0.25) is 4.98 Å². The predicted octanol–water partition coefficient (Wildman–Crippen LogP) is 2.72. The van der Waals surface area contributed by atoms with Gasteiger partial charge >= 0.3 is 0 Å². The SMILES string of the molecule is CCCC(C)Nc1cncc(NC)c1. The topological polar surface area (TPSA) is 37.0 Å². The smallest absolute Gasteiger partial charge is 0.0549 e. The second-order valence-electron chi connectivity index (χ2n) is 3.55. The van der Waals surface area contributed by atoms with E-state index in [4.69, 9.17) is 0 Å². The van der Waals surface area contributed by atoms with Crippen LogP contribution in [-0.2, 0) is 0 Å². The third-order valence-electron chi connectivity index (χ3n) is 2.16. The molecule has 1 aromatic rings. The fourth-order valence-electron chi connectivity index (χ4n) is 1.45. The van der Waals surface area contributed by atoms with Crippen molar-refractivity contribution >= 4 is 11.4 Å². The summed E-state index contributed by atoms with van der Waals surface area (Å²) in [5.41, 5.74) is 2.12. The van der Waals surface area contributed by atoms with Crippen molar-refractivity contribution in [3.63, 3.8) is 0 Å². The van der Waals surface area contributed by atoms with Gasteiger partial charge in [0.2, 0.25) is 0 Å². The Hall–Kier alpha value is -1.25. The zero-order valence-corrected chi connectivity index (χ0v) is 9.17. The monoisotopic (exact) mass is 193 g/mol. The zero-order chi connectivity index (χ0) is 10.4. The molecule has 14 heavy (non-hydrogen) atoms. The van der Waals surface area contributed by atoms with Crippen molar-refractivity contribution in [1.82, 2.24) is 4.98 Å². The Morgan fingerprint density at radius 3 is 2.71 bits per heavy atom. The lowest BCUT2D eigenvalue weighted by Gasteiger charge is -2.14. The third-order valence-corrected chi connectivity index (χ3v) is 2.16. The van der Waals surface area contributed by atoms with Crippen molar-refractivity contribution in [1.29, 1.82) is 0 Å². The predicted molar refractivity (Wildman–Crippen MR) is 61.8 cm³/mol. The number of nitrogens with one attached hydrogen (secondary N) is 2. The minimum Gasteiger partial charge on any atom is -0.387 e. The van der Waals surface area contributed by atoms with Crippen LogP contribution in [-0.4, -0.2) is 18.1 Å².